The molecule has 4 rings (SSSR count). The Labute approximate surface area is 177 Å². The maximum absolute atomic E-state index is 12.8. The first-order valence-corrected chi connectivity index (χ1v) is 10.6. The maximum Gasteiger partial charge on any atom is 0.322 e. The summed E-state index contributed by atoms with van der Waals surface area (Å²) in [6.07, 6.45) is 5.10. The lowest BCUT2D eigenvalue weighted by Crippen LogP contribution is -2.63. The van der Waals surface area contributed by atoms with E-state index in [1.54, 1.807) is 13.3 Å². The average molecular weight is 411 g/mol. The average Bonchev–Trinajstić information content (AvgIpc) is 2.72. The molecule has 0 aliphatic carbocycles. The van der Waals surface area contributed by atoms with Crippen LogP contribution in [0.25, 0.3) is 11.4 Å². The molecule has 2 bridgehead atoms. The fourth-order valence-corrected chi connectivity index (χ4v) is 4.53. The van der Waals surface area contributed by atoms with Gasteiger partial charge in [-0.1, -0.05) is 13.0 Å². The predicted molar refractivity (Wildman–Crippen MR) is 115 cm³/mol. The van der Waals surface area contributed by atoms with E-state index in [4.69, 9.17) is 9.47 Å². The number of hydrogen-bond acceptors (Lipinski definition) is 5. The van der Waals surface area contributed by atoms with Crippen molar-refractivity contribution in [3.05, 3.63) is 41.7 Å². The Morgan fingerprint density at radius 2 is 2.00 bits per heavy atom. The largest absolute Gasteiger partial charge is 0.382 e. The van der Waals surface area contributed by atoms with Crippen molar-refractivity contribution in [1.82, 2.24) is 14.9 Å². The van der Waals surface area contributed by atoms with Gasteiger partial charge >= 0.3 is 6.03 Å². The van der Waals surface area contributed by atoms with Crippen LogP contribution in [0.4, 0.5) is 10.5 Å². The molecule has 2 aliphatic heterocycles. The van der Waals surface area contributed by atoms with Gasteiger partial charge in [0.25, 0.3) is 0 Å². The minimum absolute atomic E-state index is 0.000773. The number of ether oxygens (including phenoxy) is 2. The fourth-order valence-electron chi connectivity index (χ4n) is 4.53. The quantitative estimate of drug-likeness (QED) is 0.698. The van der Waals surface area contributed by atoms with Crippen molar-refractivity contribution >= 4 is 11.7 Å². The lowest BCUT2D eigenvalue weighted by molar-refractivity contribution is -0.00600. The molecule has 0 radical (unpaired) electrons. The molecule has 2 aliphatic rings. The van der Waals surface area contributed by atoms with Gasteiger partial charge in [0.15, 0.2) is 5.82 Å². The molecular weight excluding hydrogens is 380 g/mol. The molecule has 1 aromatic carbocycles. The molecule has 2 saturated heterocycles. The number of aryl methyl sites for hydroxylation is 1. The molecule has 1 N–H and O–H groups in total. The molecule has 2 fully saturated rings. The minimum atomic E-state index is -0.000773. The zero-order chi connectivity index (χ0) is 21.1. The highest BCUT2D eigenvalue weighted by Gasteiger charge is 2.46. The van der Waals surface area contributed by atoms with Gasteiger partial charge in [-0.3, -0.25) is 0 Å². The Morgan fingerprint density at radius 3 is 2.77 bits per heavy atom. The summed E-state index contributed by atoms with van der Waals surface area (Å²) >= 11 is 0. The molecule has 0 spiro atoms. The van der Waals surface area contributed by atoms with Crippen LogP contribution in [0.5, 0.6) is 0 Å². The third-order valence-electron chi connectivity index (χ3n) is 6.04. The van der Waals surface area contributed by atoms with E-state index in [-0.39, 0.29) is 6.03 Å². The third kappa shape index (κ3) is 4.47. The van der Waals surface area contributed by atoms with E-state index in [9.17, 15) is 4.79 Å². The van der Waals surface area contributed by atoms with Gasteiger partial charge in [0.05, 0.1) is 25.5 Å². The van der Waals surface area contributed by atoms with Crippen LogP contribution >= 0.6 is 0 Å². The van der Waals surface area contributed by atoms with Crippen molar-refractivity contribution < 1.29 is 14.3 Å². The van der Waals surface area contributed by atoms with Crippen LogP contribution in [-0.2, 0) is 16.1 Å². The Kier molecular flexibility index (Phi) is 6.29. The van der Waals surface area contributed by atoms with Crippen molar-refractivity contribution in [1.29, 1.82) is 0 Å². The number of urea groups is 1. The van der Waals surface area contributed by atoms with Gasteiger partial charge in [0.2, 0.25) is 0 Å². The Hall–Kier alpha value is -2.51. The molecule has 7 heteroatoms. The maximum atomic E-state index is 12.8. The Morgan fingerprint density at radius 1 is 1.20 bits per heavy atom. The van der Waals surface area contributed by atoms with Crippen LogP contribution in [0.15, 0.2) is 30.5 Å². The molecule has 2 unspecified atom stereocenters. The highest BCUT2D eigenvalue weighted by Crippen LogP contribution is 2.41. The smallest absolute Gasteiger partial charge is 0.322 e. The number of rotatable bonds is 7. The van der Waals surface area contributed by atoms with E-state index in [0.29, 0.717) is 43.6 Å². The third-order valence-corrected chi connectivity index (χ3v) is 6.04. The molecule has 30 heavy (non-hydrogen) atoms. The number of amides is 2. The molecular formula is C23H30N4O3. The van der Waals surface area contributed by atoms with E-state index in [2.05, 4.69) is 22.2 Å². The molecule has 2 atom stereocenters. The summed E-state index contributed by atoms with van der Waals surface area (Å²) in [7, 11) is 1.65. The Bertz CT molecular complexity index is 892. The lowest BCUT2D eigenvalue weighted by Gasteiger charge is -2.54. The second kappa shape index (κ2) is 9.10. The van der Waals surface area contributed by atoms with E-state index < -0.39 is 0 Å². The van der Waals surface area contributed by atoms with Gasteiger partial charge in [-0.15, -0.1) is 0 Å². The number of hydrogen-bond donors (Lipinski definition) is 1. The van der Waals surface area contributed by atoms with E-state index in [0.717, 1.165) is 41.8 Å². The van der Waals surface area contributed by atoms with Crippen LogP contribution in [0.1, 0.15) is 37.4 Å². The molecule has 0 saturated carbocycles. The van der Waals surface area contributed by atoms with Crippen molar-refractivity contribution in [2.24, 2.45) is 5.92 Å². The van der Waals surface area contributed by atoms with Gasteiger partial charge in [-0.25, -0.2) is 14.8 Å². The van der Waals surface area contributed by atoms with Gasteiger partial charge in [0, 0.05) is 36.6 Å². The number of piperidine rings is 1. The summed E-state index contributed by atoms with van der Waals surface area (Å²) in [5.41, 5.74) is 3.54. The zero-order valence-corrected chi connectivity index (χ0v) is 17.9. The topological polar surface area (TPSA) is 76.6 Å². The van der Waals surface area contributed by atoms with Crippen LogP contribution in [-0.4, -0.2) is 53.3 Å². The second-order valence-electron chi connectivity index (χ2n) is 8.40. The highest BCUT2D eigenvalue weighted by molar-refractivity contribution is 5.91. The fraction of sp³-hybridized carbons (Fsp3) is 0.522. The second-order valence-corrected chi connectivity index (χ2v) is 8.40. The van der Waals surface area contributed by atoms with Crippen molar-refractivity contribution in [3.63, 3.8) is 0 Å². The number of nitrogens with zero attached hydrogens (tertiary/aromatic N) is 3. The number of carbonyl (C=O) groups is 1. The standard InChI is InChI=1S/C23H30N4O3/c1-15-10-19-13-20(11-15)27(19)23(28)26-17-5-4-16(2)21(12-17)22-24-7-6-18(25-22)14-30-9-8-29-3/h4-7,12,15,19-20H,8-11,13-14H2,1-3H3,(H,26,28). The Balaban J connectivity index is 1.45. The van der Waals surface area contributed by atoms with Crippen LogP contribution in [0, 0.1) is 12.8 Å². The van der Waals surface area contributed by atoms with E-state index in [1.807, 2.05) is 36.1 Å². The molecule has 2 aromatic rings. The summed E-state index contributed by atoms with van der Waals surface area (Å²) in [6.45, 7) is 5.78. The highest BCUT2D eigenvalue weighted by atomic mass is 16.5. The van der Waals surface area contributed by atoms with Gasteiger partial charge < -0.3 is 19.7 Å². The van der Waals surface area contributed by atoms with Crippen molar-refractivity contribution in [2.45, 2.75) is 51.8 Å². The first-order valence-electron chi connectivity index (χ1n) is 10.6. The number of fused-ring (bicyclic) bond motifs is 2. The number of anilines is 1. The summed E-state index contributed by atoms with van der Waals surface area (Å²) < 4.78 is 10.6. The summed E-state index contributed by atoms with van der Waals surface area (Å²) in [4.78, 5) is 23.9. The van der Waals surface area contributed by atoms with Crippen molar-refractivity contribution in [2.75, 3.05) is 25.6 Å². The van der Waals surface area contributed by atoms with Gasteiger partial charge in [-0.2, -0.15) is 0 Å². The zero-order valence-electron chi connectivity index (χ0n) is 17.9. The van der Waals surface area contributed by atoms with Crippen LogP contribution in [0.2, 0.25) is 0 Å². The van der Waals surface area contributed by atoms with E-state index in [1.165, 1.54) is 0 Å². The summed E-state index contributed by atoms with van der Waals surface area (Å²) in [6, 6.07) is 8.52. The summed E-state index contributed by atoms with van der Waals surface area (Å²) in [5, 5.41) is 3.08. The monoisotopic (exact) mass is 410 g/mol. The first kappa shape index (κ1) is 20.8. The number of aromatic nitrogens is 2. The SMILES string of the molecule is COCCOCc1ccnc(-c2cc(NC(=O)N3C4CC(C)CC3C4)ccc2C)n1. The van der Waals surface area contributed by atoms with Crippen LogP contribution < -0.4 is 5.32 Å². The minimum Gasteiger partial charge on any atom is -0.382 e. The summed E-state index contributed by atoms with van der Waals surface area (Å²) in [5.74, 6) is 1.35. The predicted octanol–water partition coefficient (Wildman–Crippen LogP) is 4.02. The lowest BCUT2D eigenvalue weighted by atomic mass is 9.74. The number of carbonyl (C=O) groups excluding carboxylic acids is 1. The molecule has 2 amide bonds. The van der Waals surface area contributed by atoms with Gasteiger partial charge in [0.1, 0.15) is 0 Å². The molecule has 160 valence electrons. The normalized spacial score (nSPS) is 22.5. The number of nitrogens with one attached hydrogen (secondary N) is 1. The van der Waals surface area contributed by atoms with E-state index >= 15 is 0 Å². The molecule has 7 nitrogen and oxygen atoms in total. The van der Waals surface area contributed by atoms with Crippen LogP contribution in [0.3, 0.4) is 0 Å². The van der Waals surface area contributed by atoms with Crippen molar-refractivity contribution in [3.8, 4) is 11.4 Å². The molecule has 3 heterocycles. The number of methoxy groups -OCH3 is 1. The first-order chi connectivity index (χ1) is 14.5. The van der Waals surface area contributed by atoms with Gasteiger partial charge in [-0.05, 0) is 55.9 Å². The number of benzene rings is 1. The molecule has 1 aromatic heterocycles.